The third kappa shape index (κ3) is 2.74. The molecule has 5 nitrogen and oxygen atoms in total. The zero-order valence-electron chi connectivity index (χ0n) is 11.3. The van der Waals surface area contributed by atoms with Crippen LogP contribution < -0.4 is 15.8 Å². The Morgan fingerprint density at radius 1 is 1.45 bits per heavy atom. The number of nitrogens with one attached hydrogen (secondary N) is 1. The van der Waals surface area contributed by atoms with Gasteiger partial charge in [0.2, 0.25) is 0 Å². The van der Waals surface area contributed by atoms with E-state index in [4.69, 9.17) is 10.5 Å². The van der Waals surface area contributed by atoms with E-state index in [1.54, 1.807) is 22.9 Å². The van der Waals surface area contributed by atoms with Crippen LogP contribution in [0.15, 0.2) is 30.5 Å². The molecular weight excluding hydrogens is 261 g/mol. The lowest BCUT2D eigenvalue weighted by molar-refractivity contribution is 0.101. The first-order valence-electron chi connectivity index (χ1n) is 6.15. The third-order valence-electron chi connectivity index (χ3n) is 2.90. The summed E-state index contributed by atoms with van der Waals surface area (Å²) >= 11 is 0. The fourth-order valence-electron chi connectivity index (χ4n) is 1.92. The molecule has 1 amide bonds. The van der Waals surface area contributed by atoms with Crippen LogP contribution in [0.4, 0.5) is 15.8 Å². The van der Waals surface area contributed by atoms with Gasteiger partial charge in [-0.25, -0.2) is 4.39 Å². The van der Waals surface area contributed by atoms with Crippen LogP contribution >= 0.6 is 0 Å². The number of amides is 1. The van der Waals surface area contributed by atoms with Crippen LogP contribution in [0.5, 0.6) is 5.75 Å². The Hall–Kier alpha value is -2.50. The number of hydrogen-bond acceptors (Lipinski definition) is 3. The Labute approximate surface area is 116 Å². The van der Waals surface area contributed by atoms with Gasteiger partial charge in [-0.2, -0.15) is 0 Å². The van der Waals surface area contributed by atoms with Crippen molar-refractivity contribution in [2.24, 2.45) is 0 Å². The quantitative estimate of drug-likeness (QED) is 0.902. The molecule has 0 radical (unpaired) electrons. The van der Waals surface area contributed by atoms with Crippen LogP contribution in [0.2, 0.25) is 0 Å². The summed E-state index contributed by atoms with van der Waals surface area (Å²) < 4.78 is 20.1. The van der Waals surface area contributed by atoms with Crippen LogP contribution in [0, 0.1) is 5.82 Å². The van der Waals surface area contributed by atoms with Gasteiger partial charge in [0.15, 0.2) is 11.6 Å². The van der Waals surface area contributed by atoms with Crippen molar-refractivity contribution in [3.63, 3.8) is 0 Å². The smallest absolute Gasteiger partial charge is 0.272 e. The number of nitrogen functional groups attached to an aromatic ring is 1. The van der Waals surface area contributed by atoms with Gasteiger partial charge in [0.1, 0.15) is 5.69 Å². The highest BCUT2D eigenvalue weighted by molar-refractivity contribution is 6.03. The fourth-order valence-corrected chi connectivity index (χ4v) is 1.92. The molecule has 0 spiro atoms. The number of ether oxygens (including phenoxy) is 1. The van der Waals surface area contributed by atoms with E-state index in [-0.39, 0.29) is 11.7 Å². The number of anilines is 2. The van der Waals surface area contributed by atoms with Gasteiger partial charge in [-0.05, 0) is 25.1 Å². The normalized spacial score (nSPS) is 10.3. The predicted octanol–water partition coefficient (Wildman–Crippen LogP) is 2.49. The van der Waals surface area contributed by atoms with Crippen molar-refractivity contribution in [3.8, 4) is 5.75 Å². The van der Waals surface area contributed by atoms with Crippen LogP contribution in [-0.2, 0) is 6.54 Å². The Bertz CT molecular complexity index is 637. The zero-order valence-corrected chi connectivity index (χ0v) is 11.3. The largest absolute Gasteiger partial charge is 0.494 e. The minimum Gasteiger partial charge on any atom is -0.494 e. The number of benzene rings is 1. The van der Waals surface area contributed by atoms with Crippen LogP contribution in [0.3, 0.4) is 0 Å². The van der Waals surface area contributed by atoms with Gasteiger partial charge in [-0.3, -0.25) is 4.79 Å². The minimum absolute atomic E-state index is 0.129. The van der Waals surface area contributed by atoms with Gasteiger partial charge >= 0.3 is 0 Å². The van der Waals surface area contributed by atoms with Gasteiger partial charge in [0, 0.05) is 24.5 Å². The second-order valence-electron chi connectivity index (χ2n) is 4.25. The lowest BCUT2D eigenvalue weighted by Crippen LogP contribution is -2.16. The predicted molar refractivity (Wildman–Crippen MR) is 75.4 cm³/mol. The first-order valence-corrected chi connectivity index (χ1v) is 6.15. The number of rotatable bonds is 4. The van der Waals surface area contributed by atoms with E-state index < -0.39 is 5.82 Å². The van der Waals surface area contributed by atoms with Gasteiger partial charge < -0.3 is 20.4 Å². The summed E-state index contributed by atoms with van der Waals surface area (Å²) in [6.07, 6.45) is 1.68. The molecule has 3 N–H and O–H groups in total. The standard InChI is InChI=1S/C14H16FN3O2/c1-3-18-8-9(16)6-12(18)14(19)17-10-4-5-13(20-2)11(15)7-10/h4-8H,3,16H2,1-2H3,(H,17,19). The lowest BCUT2D eigenvalue weighted by atomic mass is 10.2. The molecule has 2 aromatic rings. The fraction of sp³-hybridized carbons (Fsp3) is 0.214. The number of nitrogens with zero attached hydrogens (tertiary/aromatic N) is 1. The zero-order chi connectivity index (χ0) is 14.7. The molecule has 0 bridgehead atoms. The Morgan fingerprint density at radius 3 is 2.80 bits per heavy atom. The average Bonchev–Trinajstić information content (AvgIpc) is 2.80. The summed E-state index contributed by atoms with van der Waals surface area (Å²) in [7, 11) is 1.38. The number of nitrogens with two attached hydrogens (primary N) is 1. The second-order valence-corrected chi connectivity index (χ2v) is 4.25. The average molecular weight is 277 g/mol. The van der Waals surface area contributed by atoms with E-state index in [1.807, 2.05) is 6.92 Å². The highest BCUT2D eigenvalue weighted by Gasteiger charge is 2.13. The number of carbonyl (C=O) groups excluding carboxylic acids is 1. The topological polar surface area (TPSA) is 69.3 Å². The van der Waals surface area contributed by atoms with Gasteiger partial charge in [0.05, 0.1) is 12.8 Å². The molecule has 0 unspecified atom stereocenters. The molecule has 20 heavy (non-hydrogen) atoms. The molecule has 0 atom stereocenters. The summed E-state index contributed by atoms with van der Waals surface area (Å²) in [5.74, 6) is -0.743. The molecule has 106 valence electrons. The molecule has 0 saturated heterocycles. The number of carbonyl (C=O) groups is 1. The van der Waals surface area contributed by atoms with Crippen molar-refractivity contribution in [2.45, 2.75) is 13.5 Å². The summed E-state index contributed by atoms with van der Waals surface area (Å²) in [6.45, 7) is 2.53. The number of aryl methyl sites for hydroxylation is 1. The SMILES string of the molecule is CCn1cc(N)cc1C(=O)Nc1ccc(OC)c(F)c1. The van der Waals surface area contributed by atoms with Crippen molar-refractivity contribution in [1.29, 1.82) is 0 Å². The molecule has 1 heterocycles. The summed E-state index contributed by atoms with van der Waals surface area (Å²) in [5.41, 5.74) is 6.97. The lowest BCUT2D eigenvalue weighted by Gasteiger charge is -2.09. The highest BCUT2D eigenvalue weighted by Crippen LogP contribution is 2.21. The number of hydrogen-bond donors (Lipinski definition) is 2. The molecule has 0 aliphatic carbocycles. The first kappa shape index (κ1) is 13.9. The van der Waals surface area contributed by atoms with E-state index in [1.165, 1.54) is 19.2 Å². The summed E-state index contributed by atoms with van der Waals surface area (Å²) in [6, 6.07) is 5.82. The van der Waals surface area contributed by atoms with Gasteiger partial charge in [-0.15, -0.1) is 0 Å². The molecule has 1 aromatic heterocycles. The molecule has 0 aliphatic rings. The Kier molecular flexibility index (Phi) is 3.93. The maximum atomic E-state index is 13.6. The monoisotopic (exact) mass is 277 g/mol. The van der Waals surface area contributed by atoms with Crippen LogP contribution in [-0.4, -0.2) is 17.6 Å². The van der Waals surface area contributed by atoms with E-state index >= 15 is 0 Å². The molecule has 1 aromatic carbocycles. The number of aromatic nitrogens is 1. The maximum Gasteiger partial charge on any atom is 0.272 e. The van der Waals surface area contributed by atoms with E-state index in [9.17, 15) is 9.18 Å². The molecule has 0 fully saturated rings. The van der Waals surface area contributed by atoms with Crippen molar-refractivity contribution >= 4 is 17.3 Å². The van der Waals surface area contributed by atoms with Gasteiger partial charge in [0.25, 0.3) is 5.91 Å². The van der Waals surface area contributed by atoms with Gasteiger partial charge in [-0.1, -0.05) is 0 Å². The first-order chi connectivity index (χ1) is 9.55. The summed E-state index contributed by atoms with van der Waals surface area (Å²) in [5, 5.41) is 2.63. The third-order valence-corrected chi connectivity index (χ3v) is 2.90. The van der Waals surface area contributed by atoms with E-state index in [2.05, 4.69) is 5.32 Å². The van der Waals surface area contributed by atoms with E-state index in [0.29, 0.717) is 23.6 Å². The van der Waals surface area contributed by atoms with Crippen LogP contribution in [0.1, 0.15) is 17.4 Å². The van der Waals surface area contributed by atoms with Crippen LogP contribution in [0.25, 0.3) is 0 Å². The summed E-state index contributed by atoms with van der Waals surface area (Å²) in [4.78, 5) is 12.1. The molecule has 0 saturated carbocycles. The second kappa shape index (κ2) is 5.64. The Balaban J connectivity index is 2.21. The van der Waals surface area contributed by atoms with E-state index in [0.717, 1.165) is 0 Å². The molecular formula is C14H16FN3O2. The van der Waals surface area contributed by atoms with Crippen molar-refractivity contribution < 1.29 is 13.9 Å². The van der Waals surface area contributed by atoms with Crippen molar-refractivity contribution in [2.75, 3.05) is 18.2 Å². The molecule has 6 heteroatoms. The number of methoxy groups -OCH3 is 1. The maximum absolute atomic E-state index is 13.6. The minimum atomic E-state index is -0.532. The molecule has 2 rings (SSSR count). The van der Waals surface area contributed by atoms with Crippen molar-refractivity contribution in [1.82, 2.24) is 4.57 Å². The van der Waals surface area contributed by atoms with Crippen molar-refractivity contribution in [3.05, 3.63) is 42.0 Å². The Morgan fingerprint density at radius 2 is 2.20 bits per heavy atom. The molecule has 0 aliphatic heterocycles. The number of halogens is 1. The highest BCUT2D eigenvalue weighted by atomic mass is 19.1.